The maximum Gasteiger partial charge on any atom is 0.261 e. The summed E-state index contributed by atoms with van der Waals surface area (Å²) in [5.41, 5.74) is 3.32. The van der Waals surface area contributed by atoms with E-state index in [1.54, 1.807) is 35.2 Å². The Bertz CT molecular complexity index is 1320. The fraction of sp³-hybridized carbons (Fsp3) is 0.231. The quantitative estimate of drug-likeness (QED) is 0.532. The molecular weight excluding hydrogens is 450 g/mol. The van der Waals surface area contributed by atoms with E-state index in [2.05, 4.69) is 10.0 Å². The molecule has 0 aliphatic carbocycles. The van der Waals surface area contributed by atoms with Crippen molar-refractivity contribution in [1.82, 2.24) is 5.32 Å². The number of benzene rings is 3. The minimum Gasteiger partial charge on any atom is -0.348 e. The number of piperidine rings is 1. The smallest absolute Gasteiger partial charge is 0.261 e. The second kappa shape index (κ2) is 10.1. The van der Waals surface area contributed by atoms with Crippen molar-refractivity contribution >= 4 is 33.2 Å². The molecule has 0 bridgehead atoms. The molecule has 3 aromatic carbocycles. The summed E-state index contributed by atoms with van der Waals surface area (Å²) in [6.45, 7) is 2.84. The summed E-state index contributed by atoms with van der Waals surface area (Å²) >= 11 is 0. The lowest BCUT2D eigenvalue weighted by molar-refractivity contribution is -0.119. The van der Waals surface area contributed by atoms with Gasteiger partial charge in [-0.05, 0) is 73.4 Å². The van der Waals surface area contributed by atoms with Crippen molar-refractivity contribution in [3.8, 4) is 0 Å². The molecule has 1 fully saturated rings. The first-order chi connectivity index (χ1) is 16.3. The highest BCUT2D eigenvalue weighted by atomic mass is 32.2. The molecule has 0 radical (unpaired) electrons. The van der Waals surface area contributed by atoms with Gasteiger partial charge in [0.15, 0.2) is 0 Å². The van der Waals surface area contributed by atoms with Crippen molar-refractivity contribution in [2.75, 3.05) is 16.2 Å². The highest BCUT2D eigenvalue weighted by Gasteiger charge is 2.20. The minimum atomic E-state index is -3.84. The number of carbonyl (C=O) groups excluding carboxylic acids is 2. The molecule has 176 valence electrons. The molecule has 4 rings (SSSR count). The fourth-order valence-corrected chi connectivity index (χ4v) is 5.02. The van der Waals surface area contributed by atoms with Crippen LogP contribution in [0.3, 0.4) is 0 Å². The number of sulfonamides is 1. The van der Waals surface area contributed by atoms with E-state index in [9.17, 15) is 18.0 Å². The Morgan fingerprint density at radius 2 is 1.76 bits per heavy atom. The molecule has 0 unspecified atom stereocenters. The highest BCUT2D eigenvalue weighted by molar-refractivity contribution is 7.92. The number of rotatable bonds is 7. The van der Waals surface area contributed by atoms with Gasteiger partial charge in [0.05, 0.1) is 4.90 Å². The van der Waals surface area contributed by atoms with E-state index < -0.39 is 10.0 Å². The molecule has 2 amide bonds. The highest BCUT2D eigenvalue weighted by Crippen LogP contribution is 2.22. The van der Waals surface area contributed by atoms with Crippen LogP contribution in [0.25, 0.3) is 0 Å². The van der Waals surface area contributed by atoms with Crippen molar-refractivity contribution < 1.29 is 18.0 Å². The van der Waals surface area contributed by atoms with Gasteiger partial charge in [-0.2, -0.15) is 0 Å². The molecular formula is C26H27N3O4S. The molecule has 0 aromatic heterocycles. The van der Waals surface area contributed by atoms with Gasteiger partial charge in [0, 0.05) is 36.4 Å². The van der Waals surface area contributed by atoms with Crippen LogP contribution in [0.15, 0.2) is 77.7 Å². The van der Waals surface area contributed by atoms with Crippen LogP contribution >= 0.6 is 0 Å². The number of nitrogens with one attached hydrogen (secondary N) is 2. The third-order valence-electron chi connectivity index (χ3n) is 5.68. The number of nitrogens with zero attached hydrogens (tertiary/aromatic N) is 1. The lowest BCUT2D eigenvalue weighted by Crippen LogP contribution is -2.35. The summed E-state index contributed by atoms with van der Waals surface area (Å²) in [7, 11) is -3.84. The first kappa shape index (κ1) is 23.5. The molecule has 1 heterocycles. The zero-order valence-corrected chi connectivity index (χ0v) is 19.8. The number of hydrogen-bond acceptors (Lipinski definition) is 4. The van der Waals surface area contributed by atoms with Crippen molar-refractivity contribution in [3.05, 3.63) is 89.5 Å². The lowest BCUT2D eigenvalue weighted by Gasteiger charge is -2.27. The molecule has 3 aromatic rings. The van der Waals surface area contributed by atoms with E-state index in [0.29, 0.717) is 18.7 Å². The monoisotopic (exact) mass is 477 g/mol. The Kier molecular flexibility index (Phi) is 6.98. The normalized spacial score (nSPS) is 14.0. The van der Waals surface area contributed by atoms with Gasteiger partial charge in [0.1, 0.15) is 0 Å². The second-order valence-corrected chi connectivity index (χ2v) is 10.0. The van der Waals surface area contributed by atoms with Gasteiger partial charge < -0.3 is 10.2 Å². The zero-order valence-electron chi connectivity index (χ0n) is 19.0. The van der Waals surface area contributed by atoms with E-state index in [1.165, 1.54) is 12.1 Å². The van der Waals surface area contributed by atoms with Crippen molar-refractivity contribution in [3.63, 3.8) is 0 Å². The van der Waals surface area contributed by atoms with Gasteiger partial charge in [-0.25, -0.2) is 8.42 Å². The number of aryl methyl sites for hydroxylation is 1. The molecule has 1 aliphatic rings. The number of amides is 2. The number of hydrogen-bond donors (Lipinski definition) is 2. The van der Waals surface area contributed by atoms with Gasteiger partial charge in [-0.15, -0.1) is 0 Å². The number of anilines is 2. The van der Waals surface area contributed by atoms with Crippen LogP contribution in [0.2, 0.25) is 0 Å². The molecule has 8 heteroatoms. The first-order valence-corrected chi connectivity index (χ1v) is 12.7. The summed E-state index contributed by atoms with van der Waals surface area (Å²) in [5, 5.41) is 2.83. The Morgan fingerprint density at radius 1 is 0.971 bits per heavy atom. The van der Waals surface area contributed by atoms with E-state index >= 15 is 0 Å². The molecule has 1 saturated heterocycles. The van der Waals surface area contributed by atoms with Crippen molar-refractivity contribution in [2.45, 2.75) is 37.6 Å². The summed E-state index contributed by atoms with van der Waals surface area (Å²) in [6.07, 6.45) is 2.45. The lowest BCUT2D eigenvalue weighted by atomic mass is 10.1. The van der Waals surface area contributed by atoms with Crippen molar-refractivity contribution in [1.29, 1.82) is 0 Å². The number of carbonyl (C=O) groups is 2. The molecule has 0 atom stereocenters. The topological polar surface area (TPSA) is 95.6 Å². The Morgan fingerprint density at radius 3 is 2.56 bits per heavy atom. The SMILES string of the molecule is Cc1cccc(NS(=O)(=O)c2cccc(C(=O)NCc3cccc(N4CCCCC4=O)c3)c2)c1. The predicted octanol–water partition coefficient (Wildman–Crippen LogP) is 4.24. The predicted molar refractivity (Wildman–Crippen MR) is 132 cm³/mol. The molecule has 2 N–H and O–H groups in total. The standard InChI is InChI=1S/C26H27N3O4S/c1-19-7-4-10-22(15-19)28-34(32,33)24-12-6-9-21(17-24)26(31)27-18-20-8-5-11-23(16-20)29-14-3-2-13-25(29)30/h4-12,15-17,28H,2-3,13-14,18H2,1H3,(H,27,31). The van der Waals surface area contributed by atoms with Gasteiger partial charge in [-0.1, -0.05) is 30.3 Å². The van der Waals surface area contributed by atoms with Crippen LogP contribution in [0.4, 0.5) is 11.4 Å². The summed E-state index contributed by atoms with van der Waals surface area (Å²) in [6, 6.07) is 20.5. The van der Waals surface area contributed by atoms with Crippen LogP contribution < -0.4 is 14.9 Å². The van der Waals surface area contributed by atoms with Gasteiger partial charge in [-0.3, -0.25) is 14.3 Å². The third kappa shape index (κ3) is 5.63. The van der Waals surface area contributed by atoms with Gasteiger partial charge in [0.2, 0.25) is 5.91 Å². The van der Waals surface area contributed by atoms with Crippen LogP contribution in [-0.2, 0) is 21.4 Å². The Labute approximate surface area is 199 Å². The van der Waals surface area contributed by atoms with Crippen LogP contribution in [0, 0.1) is 6.92 Å². The minimum absolute atomic E-state index is 0.00673. The fourth-order valence-electron chi connectivity index (χ4n) is 3.92. The maximum atomic E-state index is 12.8. The van der Waals surface area contributed by atoms with Crippen molar-refractivity contribution in [2.24, 2.45) is 0 Å². The molecule has 34 heavy (non-hydrogen) atoms. The van der Waals surface area contributed by atoms with E-state index in [0.717, 1.165) is 29.7 Å². The van der Waals surface area contributed by atoms with E-state index in [1.807, 2.05) is 37.3 Å². The summed E-state index contributed by atoms with van der Waals surface area (Å²) < 4.78 is 28.2. The third-order valence-corrected chi connectivity index (χ3v) is 7.05. The van der Waals surface area contributed by atoms with Gasteiger partial charge in [0.25, 0.3) is 15.9 Å². The van der Waals surface area contributed by atoms with Crippen LogP contribution in [0.5, 0.6) is 0 Å². The van der Waals surface area contributed by atoms with E-state index in [-0.39, 0.29) is 28.8 Å². The first-order valence-electron chi connectivity index (χ1n) is 11.2. The summed E-state index contributed by atoms with van der Waals surface area (Å²) in [4.78, 5) is 26.7. The second-order valence-electron chi connectivity index (χ2n) is 8.36. The summed E-state index contributed by atoms with van der Waals surface area (Å²) in [5.74, 6) is -0.267. The Hall–Kier alpha value is -3.65. The average molecular weight is 478 g/mol. The Balaban J connectivity index is 1.44. The van der Waals surface area contributed by atoms with Crippen LogP contribution in [-0.4, -0.2) is 26.8 Å². The molecule has 0 saturated carbocycles. The molecule has 0 spiro atoms. The zero-order chi connectivity index (χ0) is 24.1. The van der Waals surface area contributed by atoms with Crippen LogP contribution in [0.1, 0.15) is 40.7 Å². The molecule has 7 nitrogen and oxygen atoms in total. The maximum absolute atomic E-state index is 12.8. The largest absolute Gasteiger partial charge is 0.348 e. The van der Waals surface area contributed by atoms with Gasteiger partial charge >= 0.3 is 0 Å². The van der Waals surface area contributed by atoms with E-state index in [4.69, 9.17) is 0 Å². The molecule has 1 aliphatic heterocycles. The average Bonchev–Trinajstić information content (AvgIpc) is 2.83.